The molecule has 0 atom stereocenters. The molecule has 1 aromatic heterocycles. The third-order valence-electron chi connectivity index (χ3n) is 5.18. The summed E-state index contributed by atoms with van der Waals surface area (Å²) in [6.45, 7) is 7.03. The maximum atomic E-state index is 13.4. The fourth-order valence-corrected chi connectivity index (χ4v) is 3.77. The van der Waals surface area contributed by atoms with Gasteiger partial charge in [-0.25, -0.2) is 9.37 Å². The average Bonchev–Trinajstić information content (AvgIpc) is 2.70. The van der Waals surface area contributed by atoms with E-state index < -0.39 is 11.4 Å². The van der Waals surface area contributed by atoms with Crippen LogP contribution in [0, 0.1) is 33.5 Å². The number of anilines is 1. The smallest absolute Gasteiger partial charge is 0.257 e. The van der Waals surface area contributed by atoms with Crippen molar-refractivity contribution >= 4 is 11.6 Å². The lowest BCUT2D eigenvalue weighted by Gasteiger charge is -2.17. The molecule has 0 aliphatic rings. The van der Waals surface area contributed by atoms with Crippen molar-refractivity contribution in [2.24, 2.45) is 0 Å². The van der Waals surface area contributed by atoms with Gasteiger partial charge in [0.25, 0.3) is 5.56 Å². The Hall–Kier alpha value is -3.32. The summed E-state index contributed by atoms with van der Waals surface area (Å²) in [6.07, 6.45) is 0.138. The van der Waals surface area contributed by atoms with Crippen molar-refractivity contribution in [3.63, 3.8) is 0 Å². The van der Waals surface area contributed by atoms with Crippen molar-refractivity contribution in [1.29, 1.82) is 0 Å². The minimum Gasteiger partial charge on any atom is -0.396 e. The van der Waals surface area contributed by atoms with Crippen LogP contribution in [-0.2, 0) is 17.8 Å². The number of nitrogens with one attached hydrogen (secondary N) is 1. The van der Waals surface area contributed by atoms with E-state index in [2.05, 4.69) is 10.3 Å². The molecule has 0 aliphatic heterocycles. The second kappa shape index (κ2) is 9.22. The molecule has 1 heterocycles. The van der Waals surface area contributed by atoms with E-state index >= 15 is 0 Å². The van der Waals surface area contributed by atoms with Crippen molar-refractivity contribution in [2.45, 2.75) is 40.7 Å². The lowest BCUT2D eigenvalue weighted by Crippen LogP contribution is -2.33. The molecule has 2 aromatic carbocycles. The van der Waals surface area contributed by atoms with Crippen molar-refractivity contribution in [3.05, 3.63) is 80.5 Å². The van der Waals surface area contributed by atoms with Gasteiger partial charge in [0, 0.05) is 35.5 Å². The molecule has 3 aromatic rings. The number of nitrogens with zero attached hydrogens (tertiary/aromatic N) is 2. The predicted octanol–water partition coefficient (Wildman–Crippen LogP) is 3.46. The lowest BCUT2D eigenvalue weighted by molar-refractivity contribution is -0.116. The number of halogens is 1. The molecule has 0 unspecified atom stereocenters. The molecule has 0 spiro atoms. The van der Waals surface area contributed by atoms with Crippen LogP contribution in [-0.4, -0.2) is 27.2 Å². The fraction of sp³-hybridized carbons (Fsp3) is 0.292. The fourth-order valence-electron chi connectivity index (χ4n) is 3.77. The molecular formula is C24H26FN3O3. The molecule has 0 radical (unpaired) electrons. The van der Waals surface area contributed by atoms with E-state index in [0.29, 0.717) is 22.5 Å². The summed E-state index contributed by atoms with van der Waals surface area (Å²) in [5.74, 6) is -0.507. The summed E-state index contributed by atoms with van der Waals surface area (Å²) in [6, 6.07) is 9.55. The number of aliphatic hydroxyl groups excluding tert-OH is 1. The first-order valence-electron chi connectivity index (χ1n) is 10.1. The molecule has 0 aliphatic carbocycles. The van der Waals surface area contributed by atoms with E-state index in [1.54, 1.807) is 6.92 Å². The van der Waals surface area contributed by atoms with Gasteiger partial charge in [-0.1, -0.05) is 17.7 Å². The Balaban J connectivity index is 2.04. The Bertz CT molecular complexity index is 1160. The van der Waals surface area contributed by atoms with Gasteiger partial charge < -0.3 is 10.4 Å². The zero-order chi connectivity index (χ0) is 22.7. The zero-order valence-corrected chi connectivity index (χ0v) is 18.1. The van der Waals surface area contributed by atoms with E-state index in [-0.39, 0.29) is 31.3 Å². The van der Waals surface area contributed by atoms with Crippen molar-refractivity contribution < 1.29 is 14.3 Å². The molecule has 0 fully saturated rings. The van der Waals surface area contributed by atoms with Crippen molar-refractivity contribution in [1.82, 2.24) is 9.55 Å². The highest BCUT2D eigenvalue weighted by molar-refractivity contribution is 5.92. The first-order valence-corrected chi connectivity index (χ1v) is 10.1. The van der Waals surface area contributed by atoms with E-state index in [1.165, 1.54) is 28.8 Å². The number of aryl methyl sites for hydroxylation is 4. The highest BCUT2D eigenvalue weighted by Gasteiger charge is 2.18. The molecule has 1 amide bonds. The van der Waals surface area contributed by atoms with Gasteiger partial charge in [0.1, 0.15) is 18.2 Å². The molecule has 2 N–H and O–H groups in total. The summed E-state index contributed by atoms with van der Waals surface area (Å²) < 4.78 is 14.7. The number of hydrogen-bond acceptors (Lipinski definition) is 4. The number of amides is 1. The minimum absolute atomic E-state index is 0.138. The number of carbonyl (C=O) groups excluding carboxylic acids is 1. The van der Waals surface area contributed by atoms with Crippen LogP contribution in [0.3, 0.4) is 0 Å². The first-order chi connectivity index (χ1) is 14.7. The minimum atomic E-state index is -0.408. The van der Waals surface area contributed by atoms with Crippen LogP contribution >= 0.6 is 0 Å². The Morgan fingerprint density at radius 1 is 1.10 bits per heavy atom. The van der Waals surface area contributed by atoms with Gasteiger partial charge in [-0.05, 0) is 63.1 Å². The number of rotatable bonds is 6. The van der Waals surface area contributed by atoms with Crippen LogP contribution in [0.25, 0.3) is 11.4 Å². The largest absolute Gasteiger partial charge is 0.396 e. The number of carbonyl (C=O) groups is 1. The quantitative estimate of drug-likeness (QED) is 0.636. The summed E-state index contributed by atoms with van der Waals surface area (Å²) in [5.41, 5.74) is 4.62. The first kappa shape index (κ1) is 22.4. The Morgan fingerprint density at radius 3 is 2.29 bits per heavy atom. The summed E-state index contributed by atoms with van der Waals surface area (Å²) in [7, 11) is 0. The van der Waals surface area contributed by atoms with Crippen LogP contribution < -0.4 is 10.9 Å². The number of aromatic nitrogens is 2. The SMILES string of the molecule is Cc1cc(C)c(NC(=O)Cn2c(-c3ccc(F)cc3)nc(C)c(CCO)c2=O)c(C)c1. The van der Waals surface area contributed by atoms with Gasteiger partial charge in [0.2, 0.25) is 5.91 Å². The van der Waals surface area contributed by atoms with Gasteiger partial charge in [0.05, 0.1) is 0 Å². The summed E-state index contributed by atoms with van der Waals surface area (Å²) in [5, 5.41) is 12.2. The molecule has 0 saturated carbocycles. The van der Waals surface area contributed by atoms with Crippen molar-refractivity contribution in [3.8, 4) is 11.4 Å². The standard InChI is InChI=1S/C24H26FN3O3/c1-14-11-15(2)22(16(3)12-14)27-21(30)13-28-23(18-5-7-19(25)8-6-18)26-17(4)20(9-10-29)24(28)31/h5-8,11-12,29H,9-10,13H2,1-4H3,(H,27,30). The molecule has 0 saturated heterocycles. The third-order valence-corrected chi connectivity index (χ3v) is 5.18. The van der Waals surface area contributed by atoms with E-state index in [4.69, 9.17) is 0 Å². The topological polar surface area (TPSA) is 84.2 Å². The maximum Gasteiger partial charge on any atom is 0.257 e. The molecule has 6 nitrogen and oxygen atoms in total. The zero-order valence-electron chi connectivity index (χ0n) is 18.1. The maximum absolute atomic E-state index is 13.4. The Kier molecular flexibility index (Phi) is 6.65. The molecule has 7 heteroatoms. The van der Waals surface area contributed by atoms with Crippen LogP contribution in [0.2, 0.25) is 0 Å². The number of aliphatic hydroxyl groups is 1. The van der Waals surface area contributed by atoms with Crippen LogP contribution in [0.4, 0.5) is 10.1 Å². The second-order valence-electron chi connectivity index (χ2n) is 7.69. The average molecular weight is 423 g/mol. The monoisotopic (exact) mass is 423 g/mol. The summed E-state index contributed by atoms with van der Waals surface area (Å²) >= 11 is 0. The highest BCUT2D eigenvalue weighted by Crippen LogP contribution is 2.23. The van der Waals surface area contributed by atoms with Crippen molar-refractivity contribution in [2.75, 3.05) is 11.9 Å². The summed E-state index contributed by atoms with van der Waals surface area (Å²) in [4.78, 5) is 30.6. The van der Waals surface area contributed by atoms with Gasteiger partial charge in [0.15, 0.2) is 0 Å². The van der Waals surface area contributed by atoms with Crippen LogP contribution in [0.5, 0.6) is 0 Å². The molecular weight excluding hydrogens is 397 g/mol. The Morgan fingerprint density at radius 2 is 1.71 bits per heavy atom. The van der Waals surface area contributed by atoms with Crippen LogP contribution in [0.1, 0.15) is 27.9 Å². The molecule has 0 bridgehead atoms. The van der Waals surface area contributed by atoms with Gasteiger partial charge in [-0.15, -0.1) is 0 Å². The third kappa shape index (κ3) is 4.88. The Labute approximate surface area is 180 Å². The molecule has 31 heavy (non-hydrogen) atoms. The molecule has 162 valence electrons. The predicted molar refractivity (Wildman–Crippen MR) is 119 cm³/mol. The normalized spacial score (nSPS) is 10.9. The van der Waals surface area contributed by atoms with E-state index in [1.807, 2.05) is 32.9 Å². The van der Waals surface area contributed by atoms with Gasteiger partial charge >= 0.3 is 0 Å². The number of benzene rings is 2. The van der Waals surface area contributed by atoms with E-state index in [9.17, 15) is 19.1 Å². The lowest BCUT2D eigenvalue weighted by atomic mass is 10.1. The van der Waals surface area contributed by atoms with E-state index in [0.717, 1.165) is 16.7 Å². The second-order valence-corrected chi connectivity index (χ2v) is 7.69. The number of hydrogen-bond donors (Lipinski definition) is 2. The molecule has 3 rings (SSSR count). The van der Waals surface area contributed by atoms with Gasteiger partial charge in [-0.3, -0.25) is 14.2 Å². The highest BCUT2D eigenvalue weighted by atomic mass is 19.1. The van der Waals surface area contributed by atoms with Crippen LogP contribution in [0.15, 0.2) is 41.2 Å². The van der Waals surface area contributed by atoms with Gasteiger partial charge in [-0.2, -0.15) is 0 Å².